The molecule has 102 valence electrons. The Morgan fingerprint density at radius 2 is 2.10 bits per heavy atom. The first-order valence-corrected chi connectivity index (χ1v) is 6.83. The molecule has 6 heteroatoms. The molecule has 0 saturated carbocycles. The number of anilines is 1. The Morgan fingerprint density at radius 3 is 2.90 bits per heavy atom. The van der Waals surface area contributed by atoms with Gasteiger partial charge in [0.25, 0.3) is 0 Å². The van der Waals surface area contributed by atoms with Crippen LogP contribution in [0.1, 0.15) is 5.82 Å². The Labute approximate surface area is 116 Å². The fourth-order valence-corrected chi connectivity index (χ4v) is 2.73. The molecule has 0 aliphatic carbocycles. The molecule has 3 aromatic heterocycles. The van der Waals surface area contributed by atoms with Crippen molar-refractivity contribution >= 4 is 11.5 Å². The summed E-state index contributed by atoms with van der Waals surface area (Å²) < 4.78 is 4.01. The van der Waals surface area contributed by atoms with Crippen LogP contribution in [0, 0.1) is 12.8 Å². The molecular weight excluding hydrogens is 252 g/mol. The summed E-state index contributed by atoms with van der Waals surface area (Å²) in [6.07, 6.45) is 7.65. The Hall–Kier alpha value is -2.37. The van der Waals surface area contributed by atoms with E-state index in [0.717, 1.165) is 36.9 Å². The van der Waals surface area contributed by atoms with Gasteiger partial charge in [0.05, 0.1) is 6.20 Å². The molecule has 0 N–H and O–H groups in total. The summed E-state index contributed by atoms with van der Waals surface area (Å²) in [5.41, 5.74) is 0.899. The maximum absolute atomic E-state index is 4.61. The molecule has 4 heterocycles. The molecule has 4 rings (SSSR count). The number of imidazole rings is 1. The van der Waals surface area contributed by atoms with Gasteiger partial charge >= 0.3 is 0 Å². The van der Waals surface area contributed by atoms with Crippen molar-refractivity contribution in [3.8, 4) is 0 Å². The van der Waals surface area contributed by atoms with Crippen LogP contribution in [-0.4, -0.2) is 37.2 Å². The number of rotatable bonds is 3. The maximum Gasteiger partial charge on any atom is 0.157 e. The van der Waals surface area contributed by atoms with Crippen molar-refractivity contribution in [2.45, 2.75) is 13.5 Å². The third kappa shape index (κ3) is 1.84. The van der Waals surface area contributed by atoms with Crippen molar-refractivity contribution in [2.75, 3.05) is 18.0 Å². The van der Waals surface area contributed by atoms with Crippen molar-refractivity contribution < 1.29 is 0 Å². The summed E-state index contributed by atoms with van der Waals surface area (Å²) >= 11 is 0. The van der Waals surface area contributed by atoms with Gasteiger partial charge in [-0.15, -0.1) is 0 Å². The smallest absolute Gasteiger partial charge is 0.157 e. The van der Waals surface area contributed by atoms with Crippen molar-refractivity contribution in [1.29, 1.82) is 0 Å². The topological polar surface area (TPSA) is 51.2 Å². The van der Waals surface area contributed by atoms with E-state index in [-0.39, 0.29) is 0 Å². The van der Waals surface area contributed by atoms with Gasteiger partial charge in [-0.25, -0.2) is 14.5 Å². The molecule has 6 nitrogen and oxygen atoms in total. The highest BCUT2D eigenvalue weighted by molar-refractivity contribution is 5.48. The van der Waals surface area contributed by atoms with Gasteiger partial charge in [-0.2, -0.15) is 5.10 Å². The average molecular weight is 268 g/mol. The van der Waals surface area contributed by atoms with E-state index in [0.29, 0.717) is 5.92 Å². The number of hydrogen-bond acceptors (Lipinski definition) is 4. The predicted octanol–water partition coefficient (Wildman–Crippen LogP) is 1.37. The summed E-state index contributed by atoms with van der Waals surface area (Å²) in [6, 6.07) is 3.95. The SMILES string of the molecule is Cc1nccn1CC1CN(c2ccn3nccc3n2)C1. The van der Waals surface area contributed by atoms with E-state index >= 15 is 0 Å². The summed E-state index contributed by atoms with van der Waals surface area (Å²) in [4.78, 5) is 11.2. The number of aryl methyl sites for hydroxylation is 1. The maximum atomic E-state index is 4.61. The van der Waals surface area contributed by atoms with Gasteiger partial charge in [-0.1, -0.05) is 0 Å². The average Bonchev–Trinajstić information content (AvgIpc) is 3.01. The second-order valence-electron chi connectivity index (χ2n) is 5.32. The van der Waals surface area contributed by atoms with E-state index < -0.39 is 0 Å². The molecule has 0 unspecified atom stereocenters. The quantitative estimate of drug-likeness (QED) is 0.720. The van der Waals surface area contributed by atoms with Crippen LogP contribution in [0.25, 0.3) is 5.65 Å². The molecule has 1 saturated heterocycles. The van der Waals surface area contributed by atoms with E-state index in [9.17, 15) is 0 Å². The van der Waals surface area contributed by atoms with Crippen molar-refractivity contribution in [3.05, 3.63) is 42.7 Å². The lowest BCUT2D eigenvalue weighted by Gasteiger charge is -2.40. The monoisotopic (exact) mass is 268 g/mol. The summed E-state index contributed by atoms with van der Waals surface area (Å²) in [7, 11) is 0. The lowest BCUT2D eigenvalue weighted by atomic mass is 10.00. The lowest BCUT2D eigenvalue weighted by molar-refractivity contribution is 0.352. The second kappa shape index (κ2) is 4.33. The lowest BCUT2D eigenvalue weighted by Crippen LogP contribution is -2.49. The largest absolute Gasteiger partial charge is 0.356 e. The highest BCUT2D eigenvalue weighted by Crippen LogP contribution is 2.24. The molecule has 3 aromatic rings. The van der Waals surface area contributed by atoms with Crippen LogP contribution in [0.3, 0.4) is 0 Å². The van der Waals surface area contributed by atoms with Gasteiger partial charge in [0.15, 0.2) is 5.65 Å². The standard InChI is InChI=1S/C14H16N6/c1-11-15-5-7-18(11)8-12-9-19(10-12)13-3-6-20-14(17-13)2-4-16-20/h2-7,12H,8-10H2,1H3. The van der Waals surface area contributed by atoms with Crippen molar-refractivity contribution in [1.82, 2.24) is 24.1 Å². The molecule has 0 amide bonds. The fraction of sp³-hybridized carbons (Fsp3) is 0.357. The second-order valence-corrected chi connectivity index (χ2v) is 5.32. The van der Waals surface area contributed by atoms with Crippen molar-refractivity contribution in [2.24, 2.45) is 5.92 Å². The number of aromatic nitrogens is 5. The van der Waals surface area contributed by atoms with Crippen LogP contribution >= 0.6 is 0 Å². The molecule has 0 spiro atoms. The number of fused-ring (bicyclic) bond motifs is 1. The normalized spacial score (nSPS) is 15.8. The Morgan fingerprint density at radius 1 is 1.20 bits per heavy atom. The molecule has 0 bridgehead atoms. The third-order valence-electron chi connectivity index (χ3n) is 3.90. The Kier molecular flexibility index (Phi) is 2.48. The van der Waals surface area contributed by atoms with Crippen molar-refractivity contribution in [3.63, 3.8) is 0 Å². The van der Waals surface area contributed by atoms with E-state index in [4.69, 9.17) is 0 Å². The van der Waals surface area contributed by atoms with Crippen LogP contribution in [0.4, 0.5) is 5.82 Å². The van der Waals surface area contributed by atoms with Crippen LogP contribution in [0.5, 0.6) is 0 Å². The first-order chi connectivity index (χ1) is 9.79. The Balaban J connectivity index is 1.44. The molecule has 0 aromatic carbocycles. The number of nitrogens with zero attached hydrogens (tertiary/aromatic N) is 6. The van der Waals surface area contributed by atoms with Gasteiger partial charge in [0.2, 0.25) is 0 Å². The third-order valence-corrected chi connectivity index (χ3v) is 3.90. The number of hydrogen-bond donors (Lipinski definition) is 0. The minimum atomic E-state index is 0.672. The van der Waals surface area contributed by atoms with E-state index in [1.54, 1.807) is 10.7 Å². The van der Waals surface area contributed by atoms with Crippen LogP contribution in [0.15, 0.2) is 36.9 Å². The summed E-state index contributed by atoms with van der Waals surface area (Å²) in [5.74, 6) is 2.80. The van der Waals surface area contributed by atoms with Crippen LogP contribution in [0.2, 0.25) is 0 Å². The zero-order valence-corrected chi connectivity index (χ0v) is 11.3. The molecule has 1 fully saturated rings. The first-order valence-electron chi connectivity index (χ1n) is 6.83. The summed E-state index contributed by atoms with van der Waals surface area (Å²) in [5, 5.41) is 4.16. The van der Waals surface area contributed by atoms with E-state index in [1.165, 1.54) is 0 Å². The molecule has 1 aliphatic heterocycles. The van der Waals surface area contributed by atoms with Gasteiger partial charge < -0.3 is 9.47 Å². The van der Waals surface area contributed by atoms with E-state index in [1.807, 2.05) is 31.5 Å². The van der Waals surface area contributed by atoms with Gasteiger partial charge in [0.1, 0.15) is 11.6 Å². The van der Waals surface area contributed by atoms with Gasteiger partial charge in [0, 0.05) is 50.2 Å². The van der Waals surface area contributed by atoms with E-state index in [2.05, 4.69) is 30.7 Å². The molecule has 0 atom stereocenters. The molecule has 1 aliphatic rings. The minimum Gasteiger partial charge on any atom is -0.356 e. The van der Waals surface area contributed by atoms with Gasteiger partial charge in [-0.3, -0.25) is 0 Å². The highest BCUT2D eigenvalue weighted by Gasteiger charge is 2.28. The fourth-order valence-electron chi connectivity index (χ4n) is 2.73. The zero-order valence-electron chi connectivity index (χ0n) is 11.3. The van der Waals surface area contributed by atoms with Crippen LogP contribution < -0.4 is 4.90 Å². The predicted molar refractivity (Wildman–Crippen MR) is 75.7 cm³/mol. The minimum absolute atomic E-state index is 0.672. The summed E-state index contributed by atoms with van der Waals surface area (Å²) in [6.45, 7) is 5.19. The zero-order chi connectivity index (χ0) is 13.5. The first kappa shape index (κ1) is 11.5. The Bertz CT molecular complexity index is 737. The molecular formula is C14H16N6. The van der Waals surface area contributed by atoms with Crippen LogP contribution in [-0.2, 0) is 6.54 Å². The molecule has 0 radical (unpaired) electrons. The molecule has 20 heavy (non-hydrogen) atoms. The highest BCUT2D eigenvalue weighted by atomic mass is 15.3. The van der Waals surface area contributed by atoms with Gasteiger partial charge in [-0.05, 0) is 13.0 Å².